The summed E-state index contributed by atoms with van der Waals surface area (Å²) in [4.78, 5) is 12.9. The van der Waals surface area contributed by atoms with E-state index in [-0.39, 0.29) is 5.63 Å². The van der Waals surface area contributed by atoms with Crippen molar-refractivity contribution in [1.82, 2.24) is 0 Å². The Bertz CT molecular complexity index is 977. The lowest BCUT2D eigenvalue weighted by Gasteiger charge is -2.10. The maximum absolute atomic E-state index is 11.8. The molecule has 1 aromatic heterocycles. The molecule has 4 rings (SSSR count). The maximum atomic E-state index is 11.8. The lowest BCUT2D eigenvalue weighted by atomic mass is 10.1. The highest BCUT2D eigenvalue weighted by Crippen LogP contribution is 2.35. The van der Waals surface area contributed by atoms with Crippen molar-refractivity contribution in [3.8, 4) is 11.5 Å². The lowest BCUT2D eigenvalue weighted by molar-refractivity contribution is 0.297. The molecule has 0 saturated heterocycles. The van der Waals surface area contributed by atoms with E-state index in [2.05, 4.69) is 0 Å². The Labute approximate surface area is 149 Å². The first-order valence-corrected chi connectivity index (χ1v) is 9.23. The number of benzene rings is 2. The zero-order valence-corrected chi connectivity index (χ0v) is 14.7. The second-order valence-electron chi connectivity index (χ2n) is 6.04. The summed E-state index contributed by atoms with van der Waals surface area (Å²) in [6.07, 6.45) is 0.891. The van der Waals surface area contributed by atoms with Crippen molar-refractivity contribution in [2.75, 3.05) is 13.2 Å². The van der Waals surface area contributed by atoms with Gasteiger partial charge in [0.15, 0.2) is 11.5 Å². The Kier molecular flexibility index (Phi) is 4.40. The lowest BCUT2D eigenvalue weighted by Crippen LogP contribution is -2.00. The molecule has 0 fully saturated rings. The molecule has 5 heteroatoms. The fraction of sp³-hybridized carbons (Fsp3) is 0.250. The molecule has 128 valence electrons. The van der Waals surface area contributed by atoms with E-state index in [1.54, 1.807) is 17.8 Å². The molecule has 1 aliphatic rings. The molecule has 0 saturated carbocycles. The van der Waals surface area contributed by atoms with Gasteiger partial charge < -0.3 is 13.9 Å². The van der Waals surface area contributed by atoms with Gasteiger partial charge in [0.05, 0.1) is 13.2 Å². The van der Waals surface area contributed by atoms with Crippen LogP contribution in [-0.2, 0) is 5.75 Å². The standard InChI is InChI=1S/C20H18O4S/c1-13-3-5-16-14(10-20(21)24-18(16)9-13)12-25-15-4-6-17-19(11-15)23-8-2-7-22-17/h3-6,9-11H,2,7-8,12H2,1H3. The third-order valence-corrected chi connectivity index (χ3v) is 5.14. The Hall–Kier alpha value is -2.40. The van der Waals surface area contributed by atoms with Crippen molar-refractivity contribution in [2.24, 2.45) is 0 Å². The summed E-state index contributed by atoms with van der Waals surface area (Å²) in [5.74, 6) is 2.27. The van der Waals surface area contributed by atoms with E-state index in [9.17, 15) is 4.79 Å². The highest BCUT2D eigenvalue weighted by Gasteiger charge is 2.12. The molecule has 0 amide bonds. The van der Waals surface area contributed by atoms with Crippen LogP contribution >= 0.6 is 11.8 Å². The van der Waals surface area contributed by atoms with Crippen LogP contribution in [0.3, 0.4) is 0 Å². The van der Waals surface area contributed by atoms with Gasteiger partial charge in [-0.15, -0.1) is 11.8 Å². The molecule has 0 bridgehead atoms. The molecule has 1 aliphatic heterocycles. The van der Waals surface area contributed by atoms with Gasteiger partial charge in [-0.1, -0.05) is 12.1 Å². The van der Waals surface area contributed by atoms with Gasteiger partial charge in [-0.3, -0.25) is 0 Å². The van der Waals surface area contributed by atoms with Gasteiger partial charge in [0.1, 0.15) is 5.58 Å². The van der Waals surface area contributed by atoms with E-state index in [1.807, 2.05) is 43.3 Å². The van der Waals surface area contributed by atoms with E-state index in [4.69, 9.17) is 13.9 Å². The van der Waals surface area contributed by atoms with Crippen LogP contribution in [-0.4, -0.2) is 13.2 Å². The summed E-state index contributed by atoms with van der Waals surface area (Å²) in [6, 6.07) is 13.5. The van der Waals surface area contributed by atoms with E-state index in [1.165, 1.54) is 0 Å². The van der Waals surface area contributed by atoms with Gasteiger partial charge in [0.25, 0.3) is 0 Å². The Balaban J connectivity index is 1.60. The highest BCUT2D eigenvalue weighted by atomic mass is 32.2. The van der Waals surface area contributed by atoms with Crippen molar-refractivity contribution in [3.05, 3.63) is 64.0 Å². The van der Waals surface area contributed by atoms with Gasteiger partial charge in [-0.25, -0.2) is 4.79 Å². The molecule has 0 radical (unpaired) electrons. The van der Waals surface area contributed by atoms with Crippen molar-refractivity contribution >= 4 is 22.7 Å². The summed E-state index contributed by atoms with van der Waals surface area (Å²) in [5, 5.41) is 0.979. The van der Waals surface area contributed by atoms with Crippen LogP contribution in [0.25, 0.3) is 11.0 Å². The molecule has 0 N–H and O–H groups in total. The van der Waals surface area contributed by atoms with Gasteiger partial charge in [0.2, 0.25) is 0 Å². The number of rotatable bonds is 3. The molecule has 3 aromatic rings. The molecule has 2 heterocycles. The minimum Gasteiger partial charge on any atom is -0.490 e. The highest BCUT2D eigenvalue weighted by molar-refractivity contribution is 7.98. The number of thioether (sulfide) groups is 1. The normalized spacial score (nSPS) is 13.6. The molecule has 0 spiro atoms. The number of ether oxygens (including phenoxy) is 2. The molecular formula is C20H18O4S. The monoisotopic (exact) mass is 354 g/mol. The van der Waals surface area contributed by atoms with Crippen molar-refractivity contribution in [3.63, 3.8) is 0 Å². The summed E-state index contributed by atoms with van der Waals surface area (Å²) in [6.45, 7) is 3.34. The summed E-state index contributed by atoms with van der Waals surface area (Å²) < 4.78 is 16.7. The minimum absolute atomic E-state index is 0.313. The van der Waals surface area contributed by atoms with Gasteiger partial charge >= 0.3 is 5.63 Å². The van der Waals surface area contributed by atoms with E-state index >= 15 is 0 Å². The first kappa shape index (κ1) is 16.1. The smallest absolute Gasteiger partial charge is 0.336 e. The van der Waals surface area contributed by atoms with Gasteiger partial charge in [0, 0.05) is 28.5 Å². The molecule has 25 heavy (non-hydrogen) atoms. The summed E-state index contributed by atoms with van der Waals surface area (Å²) in [7, 11) is 0. The van der Waals surface area contributed by atoms with Crippen LogP contribution in [0.15, 0.2) is 56.6 Å². The number of fused-ring (bicyclic) bond motifs is 2. The molecule has 4 nitrogen and oxygen atoms in total. The van der Waals surface area contributed by atoms with Gasteiger partial charge in [-0.2, -0.15) is 0 Å². The average molecular weight is 354 g/mol. The van der Waals surface area contributed by atoms with Gasteiger partial charge in [-0.05, 0) is 42.3 Å². The van der Waals surface area contributed by atoms with Crippen LogP contribution in [0.2, 0.25) is 0 Å². The Morgan fingerprint density at radius 3 is 2.72 bits per heavy atom. The van der Waals surface area contributed by atoms with Crippen LogP contribution in [0.4, 0.5) is 0 Å². The second-order valence-corrected chi connectivity index (χ2v) is 7.09. The summed E-state index contributed by atoms with van der Waals surface area (Å²) >= 11 is 1.66. The molecule has 2 aromatic carbocycles. The topological polar surface area (TPSA) is 48.7 Å². The third kappa shape index (κ3) is 3.51. The van der Waals surface area contributed by atoms with Crippen LogP contribution < -0.4 is 15.1 Å². The molecule has 0 aliphatic carbocycles. The largest absolute Gasteiger partial charge is 0.490 e. The SMILES string of the molecule is Cc1ccc2c(CSc3ccc4c(c3)OCCCO4)cc(=O)oc2c1. The van der Waals surface area contributed by atoms with Crippen molar-refractivity contribution < 1.29 is 13.9 Å². The number of aryl methyl sites for hydroxylation is 1. The zero-order valence-electron chi connectivity index (χ0n) is 13.9. The van der Waals surface area contributed by atoms with E-state index in [0.717, 1.165) is 39.3 Å². The number of hydrogen-bond donors (Lipinski definition) is 0. The van der Waals surface area contributed by atoms with E-state index < -0.39 is 0 Å². The zero-order chi connectivity index (χ0) is 17.2. The predicted molar refractivity (Wildman–Crippen MR) is 98.8 cm³/mol. The first-order valence-electron chi connectivity index (χ1n) is 8.25. The Morgan fingerprint density at radius 2 is 1.84 bits per heavy atom. The first-order chi connectivity index (χ1) is 12.2. The molecule has 0 unspecified atom stereocenters. The fourth-order valence-electron chi connectivity index (χ4n) is 2.85. The van der Waals surface area contributed by atoms with Crippen molar-refractivity contribution in [2.45, 2.75) is 24.0 Å². The van der Waals surface area contributed by atoms with E-state index in [0.29, 0.717) is 24.5 Å². The Morgan fingerprint density at radius 1 is 1.00 bits per heavy atom. The number of hydrogen-bond acceptors (Lipinski definition) is 5. The van der Waals surface area contributed by atoms with Crippen LogP contribution in [0.1, 0.15) is 17.5 Å². The van der Waals surface area contributed by atoms with Crippen molar-refractivity contribution in [1.29, 1.82) is 0 Å². The van der Waals surface area contributed by atoms with Crippen LogP contribution in [0, 0.1) is 6.92 Å². The third-order valence-electron chi connectivity index (χ3n) is 4.10. The average Bonchev–Trinajstić information content (AvgIpc) is 2.84. The predicted octanol–water partition coefficient (Wildman–Crippen LogP) is 4.56. The second kappa shape index (κ2) is 6.84. The summed E-state index contributed by atoms with van der Waals surface area (Å²) in [5.41, 5.74) is 2.38. The molecular weight excluding hydrogens is 336 g/mol. The minimum atomic E-state index is -0.313. The quantitative estimate of drug-likeness (QED) is 0.510. The maximum Gasteiger partial charge on any atom is 0.336 e. The van der Waals surface area contributed by atoms with Crippen LogP contribution in [0.5, 0.6) is 11.5 Å². The fourth-order valence-corrected chi connectivity index (χ4v) is 3.77. The molecule has 0 atom stereocenters.